The van der Waals surface area contributed by atoms with Crippen LogP contribution in [0.25, 0.3) is 11.1 Å². The summed E-state index contributed by atoms with van der Waals surface area (Å²) in [5.41, 5.74) is 4.47. The van der Waals surface area contributed by atoms with E-state index in [0.29, 0.717) is 5.75 Å². The number of carboxylic acid groups (broad SMARTS) is 1. The molecule has 0 saturated carbocycles. The molecule has 3 rings (SSSR count). The van der Waals surface area contributed by atoms with Gasteiger partial charge in [-0.1, -0.05) is 48.5 Å². The van der Waals surface area contributed by atoms with E-state index in [1.165, 1.54) is 18.9 Å². The van der Waals surface area contributed by atoms with E-state index in [1.54, 1.807) is 0 Å². The Morgan fingerprint density at radius 3 is 2.28 bits per heavy atom. The monoisotopic (exact) mass is 458 g/mol. The normalized spacial score (nSPS) is 13.0. The van der Waals surface area contributed by atoms with E-state index in [2.05, 4.69) is 22.8 Å². The van der Waals surface area contributed by atoms with Crippen LogP contribution in [0.1, 0.15) is 17.0 Å². The van der Waals surface area contributed by atoms with Crippen molar-refractivity contribution in [3.8, 4) is 11.1 Å². The Bertz CT molecular complexity index is 922. The minimum Gasteiger partial charge on any atom is -0.481 e. The van der Waals surface area contributed by atoms with Crippen molar-refractivity contribution in [2.75, 3.05) is 38.4 Å². The summed E-state index contributed by atoms with van der Waals surface area (Å²) in [5.74, 6) is -0.987. The van der Waals surface area contributed by atoms with Gasteiger partial charge >= 0.3 is 12.1 Å². The molecule has 1 unspecified atom stereocenters. The van der Waals surface area contributed by atoms with Gasteiger partial charge in [0.05, 0.1) is 12.4 Å². The first-order chi connectivity index (χ1) is 15.5. The van der Waals surface area contributed by atoms with E-state index in [-0.39, 0.29) is 31.4 Å². The summed E-state index contributed by atoms with van der Waals surface area (Å²) in [7, 11) is 1.43. The topological polar surface area (TPSA) is 114 Å². The number of carbonyl (C=O) groups excluding carboxylic acids is 2. The summed E-state index contributed by atoms with van der Waals surface area (Å²) in [4.78, 5) is 35.3. The number of amides is 2. The Morgan fingerprint density at radius 2 is 1.69 bits per heavy atom. The number of rotatable bonds is 11. The van der Waals surface area contributed by atoms with Gasteiger partial charge < -0.3 is 25.2 Å². The predicted octanol–water partition coefficient (Wildman–Crippen LogP) is 2.47. The maximum atomic E-state index is 12.4. The number of ether oxygens (including phenoxy) is 2. The summed E-state index contributed by atoms with van der Waals surface area (Å²) in [6, 6.07) is 15.2. The molecule has 32 heavy (non-hydrogen) atoms. The highest BCUT2D eigenvalue weighted by Crippen LogP contribution is 2.44. The van der Waals surface area contributed by atoms with Crippen LogP contribution in [-0.4, -0.2) is 67.5 Å². The molecule has 2 amide bonds. The Balaban J connectivity index is 1.53. The molecule has 1 aliphatic rings. The molecular formula is C23H26N2O6S. The second kappa shape index (κ2) is 11.5. The van der Waals surface area contributed by atoms with Gasteiger partial charge in [0.1, 0.15) is 12.6 Å². The van der Waals surface area contributed by atoms with Crippen molar-refractivity contribution in [1.82, 2.24) is 10.6 Å². The quantitative estimate of drug-likeness (QED) is 0.443. The first-order valence-electron chi connectivity index (χ1n) is 10.2. The van der Waals surface area contributed by atoms with Crippen LogP contribution in [0.4, 0.5) is 4.79 Å². The first-order valence-corrected chi connectivity index (χ1v) is 11.3. The number of alkyl carbamates (subject to hydrolysis) is 1. The number of nitrogens with one attached hydrogen (secondary N) is 2. The lowest BCUT2D eigenvalue weighted by atomic mass is 9.98. The second-order valence-corrected chi connectivity index (χ2v) is 8.32. The number of aliphatic carboxylic acids is 1. The summed E-state index contributed by atoms with van der Waals surface area (Å²) < 4.78 is 10.5. The summed E-state index contributed by atoms with van der Waals surface area (Å²) in [5, 5.41) is 13.8. The van der Waals surface area contributed by atoms with Crippen LogP contribution in [0.5, 0.6) is 0 Å². The van der Waals surface area contributed by atoms with Gasteiger partial charge in [-0.3, -0.25) is 9.59 Å². The largest absolute Gasteiger partial charge is 0.481 e. The van der Waals surface area contributed by atoms with E-state index in [9.17, 15) is 14.4 Å². The van der Waals surface area contributed by atoms with Crippen molar-refractivity contribution < 1.29 is 29.0 Å². The van der Waals surface area contributed by atoms with Gasteiger partial charge in [-0.05, 0) is 22.3 Å². The zero-order valence-electron chi connectivity index (χ0n) is 17.7. The van der Waals surface area contributed by atoms with Crippen LogP contribution in [0, 0.1) is 0 Å². The molecular weight excluding hydrogens is 432 g/mol. The SMILES string of the molecule is COCC(NC(=O)OCC1c2ccccc2-c2ccccc21)C(=O)NCCSCC(=O)O. The van der Waals surface area contributed by atoms with Gasteiger partial charge in [0.15, 0.2) is 0 Å². The highest BCUT2D eigenvalue weighted by atomic mass is 32.2. The average molecular weight is 459 g/mol. The molecule has 0 aliphatic heterocycles. The van der Waals surface area contributed by atoms with Gasteiger partial charge in [-0.2, -0.15) is 0 Å². The fraction of sp³-hybridized carbons (Fsp3) is 0.348. The zero-order valence-corrected chi connectivity index (χ0v) is 18.5. The number of benzene rings is 2. The maximum absolute atomic E-state index is 12.4. The van der Waals surface area contributed by atoms with E-state index in [1.807, 2.05) is 36.4 Å². The number of thioether (sulfide) groups is 1. The lowest BCUT2D eigenvalue weighted by molar-refractivity contribution is -0.134. The van der Waals surface area contributed by atoms with Crippen molar-refractivity contribution in [2.24, 2.45) is 0 Å². The van der Waals surface area contributed by atoms with Crippen LogP contribution < -0.4 is 10.6 Å². The van der Waals surface area contributed by atoms with Crippen molar-refractivity contribution in [2.45, 2.75) is 12.0 Å². The molecule has 0 spiro atoms. The van der Waals surface area contributed by atoms with Crippen molar-refractivity contribution in [3.05, 3.63) is 59.7 Å². The minimum atomic E-state index is -0.917. The highest BCUT2D eigenvalue weighted by Gasteiger charge is 2.29. The minimum absolute atomic E-state index is 0.0156. The molecule has 0 saturated heterocycles. The summed E-state index contributed by atoms with van der Waals surface area (Å²) in [6.07, 6.45) is -0.704. The van der Waals surface area contributed by atoms with Crippen LogP contribution in [0.15, 0.2) is 48.5 Å². The van der Waals surface area contributed by atoms with Crippen molar-refractivity contribution >= 4 is 29.7 Å². The number of hydrogen-bond acceptors (Lipinski definition) is 6. The van der Waals surface area contributed by atoms with E-state index < -0.39 is 24.0 Å². The van der Waals surface area contributed by atoms with Crippen LogP contribution >= 0.6 is 11.8 Å². The molecule has 2 aromatic rings. The lowest BCUT2D eigenvalue weighted by Crippen LogP contribution is -2.50. The first kappa shape index (κ1) is 23.6. The van der Waals surface area contributed by atoms with Crippen LogP contribution in [0.3, 0.4) is 0 Å². The summed E-state index contributed by atoms with van der Waals surface area (Å²) in [6.45, 7) is 0.411. The number of carbonyl (C=O) groups is 3. The zero-order chi connectivity index (χ0) is 22.9. The van der Waals surface area contributed by atoms with Gasteiger partial charge in [-0.15, -0.1) is 11.8 Å². The Labute approximate surface area is 190 Å². The Hall–Kier alpha value is -3.04. The molecule has 170 valence electrons. The molecule has 1 atom stereocenters. The molecule has 0 fully saturated rings. The fourth-order valence-electron chi connectivity index (χ4n) is 3.66. The van der Waals surface area contributed by atoms with E-state index in [0.717, 1.165) is 22.3 Å². The predicted molar refractivity (Wildman–Crippen MR) is 122 cm³/mol. The molecule has 8 nitrogen and oxygen atoms in total. The molecule has 1 aliphatic carbocycles. The fourth-order valence-corrected chi connectivity index (χ4v) is 4.23. The molecule has 2 aromatic carbocycles. The Kier molecular flexibility index (Phi) is 8.52. The second-order valence-electron chi connectivity index (χ2n) is 7.22. The van der Waals surface area contributed by atoms with Crippen molar-refractivity contribution in [3.63, 3.8) is 0 Å². The average Bonchev–Trinajstić information content (AvgIpc) is 3.10. The highest BCUT2D eigenvalue weighted by molar-refractivity contribution is 7.99. The van der Waals surface area contributed by atoms with Gasteiger partial charge in [0, 0.05) is 25.3 Å². The van der Waals surface area contributed by atoms with E-state index >= 15 is 0 Å². The molecule has 0 bridgehead atoms. The maximum Gasteiger partial charge on any atom is 0.407 e. The van der Waals surface area contributed by atoms with E-state index in [4.69, 9.17) is 14.6 Å². The molecule has 0 radical (unpaired) electrons. The molecule has 3 N–H and O–H groups in total. The number of fused-ring (bicyclic) bond motifs is 3. The third kappa shape index (κ3) is 6.02. The number of carboxylic acids is 1. The van der Waals surface area contributed by atoms with Gasteiger partial charge in [0.2, 0.25) is 5.91 Å². The number of hydrogen-bond donors (Lipinski definition) is 3. The number of methoxy groups -OCH3 is 1. The molecule has 0 aromatic heterocycles. The Morgan fingerprint density at radius 1 is 1.06 bits per heavy atom. The summed E-state index contributed by atoms with van der Waals surface area (Å²) >= 11 is 1.20. The molecule has 0 heterocycles. The van der Waals surface area contributed by atoms with Crippen molar-refractivity contribution in [1.29, 1.82) is 0 Å². The standard InChI is InChI=1S/C23H26N2O6S/c1-30-13-20(22(28)24-10-11-32-14-21(26)27)25-23(29)31-12-19-17-8-4-2-6-15(17)16-7-3-5-9-18(16)19/h2-9,19-20H,10-14H2,1H3,(H,24,28)(H,25,29)(H,26,27). The molecule has 9 heteroatoms. The van der Waals surface area contributed by atoms with Crippen LogP contribution in [-0.2, 0) is 19.1 Å². The van der Waals surface area contributed by atoms with Gasteiger partial charge in [0.25, 0.3) is 0 Å². The lowest BCUT2D eigenvalue weighted by Gasteiger charge is -2.19. The van der Waals surface area contributed by atoms with Crippen LogP contribution in [0.2, 0.25) is 0 Å². The third-order valence-electron chi connectivity index (χ3n) is 5.06. The smallest absolute Gasteiger partial charge is 0.407 e. The van der Waals surface area contributed by atoms with Gasteiger partial charge in [-0.25, -0.2) is 4.79 Å². The third-order valence-corrected chi connectivity index (χ3v) is 6.00.